The highest BCUT2D eigenvalue weighted by atomic mass is 16.4. The summed E-state index contributed by atoms with van der Waals surface area (Å²) in [5.41, 5.74) is 1.70. The van der Waals surface area contributed by atoms with Gasteiger partial charge in [0.1, 0.15) is 6.04 Å². The number of carboxylic acid groups (broad SMARTS) is 1. The van der Waals surface area contributed by atoms with Crippen molar-refractivity contribution in [2.75, 3.05) is 5.32 Å². The molecule has 0 saturated heterocycles. The van der Waals surface area contributed by atoms with E-state index < -0.39 is 12.0 Å². The predicted molar refractivity (Wildman–Crippen MR) is 73.8 cm³/mol. The zero-order valence-electron chi connectivity index (χ0n) is 11.4. The molecule has 19 heavy (non-hydrogen) atoms. The molecule has 0 aliphatic heterocycles. The van der Waals surface area contributed by atoms with E-state index in [-0.39, 0.29) is 11.8 Å². The summed E-state index contributed by atoms with van der Waals surface area (Å²) in [6.07, 6.45) is 0. The Morgan fingerprint density at radius 2 is 1.79 bits per heavy atom. The van der Waals surface area contributed by atoms with Crippen LogP contribution in [0.25, 0.3) is 0 Å². The maximum Gasteiger partial charge on any atom is 0.320 e. The van der Waals surface area contributed by atoms with Crippen LogP contribution in [0.3, 0.4) is 0 Å². The molecule has 3 N–H and O–H groups in total. The normalized spacial score (nSPS) is 12.2. The molecule has 0 saturated carbocycles. The van der Waals surface area contributed by atoms with Crippen LogP contribution in [-0.4, -0.2) is 23.0 Å². The fraction of sp³-hybridized carbons (Fsp3) is 0.429. The smallest absolute Gasteiger partial charge is 0.320 e. The number of carbonyl (C=O) groups excluding carboxylic acids is 1. The molecule has 1 atom stereocenters. The van der Waals surface area contributed by atoms with Gasteiger partial charge in [-0.2, -0.15) is 0 Å². The van der Waals surface area contributed by atoms with Crippen molar-refractivity contribution in [2.45, 2.75) is 33.4 Å². The van der Waals surface area contributed by atoms with Gasteiger partial charge in [0, 0.05) is 19.2 Å². The number of hydrogen-bond donors (Lipinski definition) is 3. The number of carbonyl (C=O) groups is 2. The molecule has 1 aromatic carbocycles. The molecule has 0 heterocycles. The Kier molecular flexibility index (Phi) is 5.51. The van der Waals surface area contributed by atoms with Crippen LogP contribution in [0.4, 0.5) is 5.69 Å². The van der Waals surface area contributed by atoms with Gasteiger partial charge in [0.05, 0.1) is 0 Å². The lowest BCUT2D eigenvalue weighted by atomic mass is 10.0. The van der Waals surface area contributed by atoms with Gasteiger partial charge >= 0.3 is 5.97 Å². The van der Waals surface area contributed by atoms with Gasteiger partial charge in [-0.05, 0) is 23.6 Å². The van der Waals surface area contributed by atoms with Crippen LogP contribution >= 0.6 is 0 Å². The first-order chi connectivity index (χ1) is 8.90. The molecule has 1 rings (SSSR count). The topological polar surface area (TPSA) is 78.4 Å². The molecule has 0 spiro atoms. The van der Waals surface area contributed by atoms with E-state index in [9.17, 15) is 9.59 Å². The number of carboxylic acids is 1. The van der Waals surface area contributed by atoms with Crippen LogP contribution in [0.1, 0.15) is 26.3 Å². The van der Waals surface area contributed by atoms with Crippen molar-refractivity contribution < 1.29 is 14.7 Å². The van der Waals surface area contributed by atoms with Crippen molar-refractivity contribution in [3.8, 4) is 0 Å². The zero-order valence-corrected chi connectivity index (χ0v) is 11.4. The number of aliphatic carboxylic acids is 1. The van der Waals surface area contributed by atoms with Gasteiger partial charge in [-0.15, -0.1) is 0 Å². The number of amides is 1. The van der Waals surface area contributed by atoms with E-state index >= 15 is 0 Å². The molecule has 104 valence electrons. The van der Waals surface area contributed by atoms with E-state index in [4.69, 9.17) is 5.11 Å². The summed E-state index contributed by atoms with van der Waals surface area (Å²) in [5.74, 6) is -0.933. The Bertz CT molecular complexity index is 441. The minimum absolute atomic E-state index is 0.0242. The first-order valence-corrected chi connectivity index (χ1v) is 6.23. The quantitative estimate of drug-likeness (QED) is 0.732. The number of benzene rings is 1. The summed E-state index contributed by atoms with van der Waals surface area (Å²) < 4.78 is 0. The third kappa shape index (κ3) is 5.09. The highest BCUT2D eigenvalue weighted by Gasteiger charge is 2.20. The predicted octanol–water partition coefficient (Wildman–Crippen LogP) is 1.84. The van der Waals surface area contributed by atoms with Crippen LogP contribution in [-0.2, 0) is 16.1 Å². The first-order valence-electron chi connectivity index (χ1n) is 6.23. The molecule has 1 aromatic rings. The van der Waals surface area contributed by atoms with Crippen molar-refractivity contribution in [1.82, 2.24) is 5.32 Å². The molecule has 5 heteroatoms. The van der Waals surface area contributed by atoms with Crippen molar-refractivity contribution in [3.05, 3.63) is 29.8 Å². The Labute approximate surface area is 113 Å². The number of rotatable bonds is 6. The zero-order chi connectivity index (χ0) is 14.4. The molecular weight excluding hydrogens is 244 g/mol. The largest absolute Gasteiger partial charge is 0.480 e. The first kappa shape index (κ1) is 15.2. The molecular formula is C14H20N2O3. The third-order valence-corrected chi connectivity index (χ3v) is 2.73. The standard InChI is InChI=1S/C14H20N2O3/c1-9(2)13(14(18)19)15-8-11-4-6-12(7-5-11)16-10(3)17/h4-7,9,13,15H,8H2,1-3H3,(H,16,17)(H,18,19). The van der Waals surface area contributed by atoms with Crippen LogP contribution in [0.5, 0.6) is 0 Å². The maximum atomic E-state index is 11.0. The Morgan fingerprint density at radius 1 is 1.21 bits per heavy atom. The van der Waals surface area contributed by atoms with E-state index in [1.54, 1.807) is 12.1 Å². The van der Waals surface area contributed by atoms with Gasteiger partial charge in [-0.1, -0.05) is 26.0 Å². The van der Waals surface area contributed by atoms with Crippen LogP contribution in [0.2, 0.25) is 0 Å². The van der Waals surface area contributed by atoms with Crippen LogP contribution in [0.15, 0.2) is 24.3 Å². The van der Waals surface area contributed by atoms with Gasteiger partial charge in [0.25, 0.3) is 0 Å². The second-order valence-electron chi connectivity index (χ2n) is 4.82. The lowest BCUT2D eigenvalue weighted by Crippen LogP contribution is -2.40. The number of anilines is 1. The molecule has 0 aromatic heterocycles. The summed E-state index contributed by atoms with van der Waals surface area (Å²) in [7, 11) is 0. The van der Waals surface area contributed by atoms with Crippen molar-refractivity contribution in [2.24, 2.45) is 5.92 Å². The molecule has 0 aliphatic rings. The Morgan fingerprint density at radius 3 is 2.21 bits per heavy atom. The van der Waals surface area contributed by atoms with Crippen LogP contribution < -0.4 is 10.6 Å². The van der Waals surface area contributed by atoms with Gasteiger partial charge in [0.15, 0.2) is 0 Å². The van der Waals surface area contributed by atoms with E-state index in [0.29, 0.717) is 6.54 Å². The molecule has 0 aliphatic carbocycles. The van der Waals surface area contributed by atoms with Gasteiger partial charge < -0.3 is 15.7 Å². The van der Waals surface area contributed by atoms with Gasteiger partial charge in [-0.25, -0.2) is 0 Å². The second-order valence-corrected chi connectivity index (χ2v) is 4.82. The summed E-state index contributed by atoms with van der Waals surface area (Å²) in [6.45, 7) is 5.67. The van der Waals surface area contributed by atoms with E-state index in [1.807, 2.05) is 26.0 Å². The monoisotopic (exact) mass is 264 g/mol. The fourth-order valence-electron chi connectivity index (χ4n) is 1.75. The lowest BCUT2D eigenvalue weighted by molar-refractivity contribution is -0.140. The second kappa shape index (κ2) is 6.89. The molecule has 0 radical (unpaired) electrons. The summed E-state index contributed by atoms with van der Waals surface area (Å²) in [4.78, 5) is 21.9. The Hall–Kier alpha value is -1.88. The van der Waals surface area contributed by atoms with Gasteiger partial charge in [-0.3, -0.25) is 9.59 Å². The maximum absolute atomic E-state index is 11.0. The fourth-order valence-corrected chi connectivity index (χ4v) is 1.75. The Balaban J connectivity index is 2.58. The van der Waals surface area contributed by atoms with Crippen LogP contribution in [0, 0.1) is 5.92 Å². The molecule has 1 unspecified atom stereocenters. The summed E-state index contributed by atoms with van der Waals surface area (Å²) in [5, 5.41) is 14.7. The average Bonchev–Trinajstić information content (AvgIpc) is 2.29. The summed E-state index contributed by atoms with van der Waals surface area (Å²) in [6, 6.07) is 6.75. The molecule has 1 amide bonds. The van der Waals surface area contributed by atoms with Gasteiger partial charge in [0.2, 0.25) is 5.91 Å². The number of hydrogen-bond acceptors (Lipinski definition) is 3. The van der Waals surface area contributed by atoms with E-state index in [0.717, 1.165) is 11.3 Å². The molecule has 0 fully saturated rings. The SMILES string of the molecule is CC(=O)Nc1ccc(CNC(C(=O)O)C(C)C)cc1. The minimum atomic E-state index is -0.843. The third-order valence-electron chi connectivity index (χ3n) is 2.73. The van der Waals surface area contributed by atoms with Crippen molar-refractivity contribution >= 4 is 17.6 Å². The number of nitrogens with one attached hydrogen (secondary N) is 2. The van der Waals surface area contributed by atoms with Crippen molar-refractivity contribution in [1.29, 1.82) is 0 Å². The van der Waals surface area contributed by atoms with E-state index in [2.05, 4.69) is 10.6 Å². The lowest BCUT2D eigenvalue weighted by Gasteiger charge is -2.18. The highest BCUT2D eigenvalue weighted by Crippen LogP contribution is 2.10. The molecule has 5 nitrogen and oxygen atoms in total. The molecule has 0 bridgehead atoms. The highest BCUT2D eigenvalue weighted by molar-refractivity contribution is 5.88. The minimum Gasteiger partial charge on any atom is -0.480 e. The summed E-state index contributed by atoms with van der Waals surface area (Å²) >= 11 is 0. The van der Waals surface area contributed by atoms with E-state index in [1.165, 1.54) is 6.92 Å². The average molecular weight is 264 g/mol. The van der Waals surface area contributed by atoms with Crippen molar-refractivity contribution in [3.63, 3.8) is 0 Å².